The first-order valence-electron chi connectivity index (χ1n) is 10.9. The second kappa shape index (κ2) is 10.3. The number of thiazole rings is 1. The first-order chi connectivity index (χ1) is 17.5. The third-order valence-electron chi connectivity index (χ3n) is 5.17. The number of hydrogen-bond donors (Lipinski definition) is 3. The summed E-state index contributed by atoms with van der Waals surface area (Å²) in [5, 5.41) is 11.3. The largest absolute Gasteiger partial charge is 0.331 e. The van der Waals surface area contributed by atoms with Crippen LogP contribution in [-0.4, -0.2) is 25.8 Å². The molecule has 0 fully saturated rings. The smallest absolute Gasteiger partial charge is 0.275 e. The highest BCUT2D eigenvalue weighted by Gasteiger charge is 2.12. The zero-order valence-corrected chi connectivity index (χ0v) is 19.9. The van der Waals surface area contributed by atoms with Crippen LogP contribution >= 0.6 is 11.3 Å². The van der Waals surface area contributed by atoms with Gasteiger partial charge in [-0.15, -0.1) is 11.3 Å². The van der Waals surface area contributed by atoms with E-state index in [-0.39, 0.29) is 5.69 Å². The van der Waals surface area contributed by atoms with Crippen molar-refractivity contribution in [2.24, 2.45) is 0 Å². The van der Waals surface area contributed by atoms with Crippen molar-refractivity contribution >= 4 is 45.4 Å². The molecule has 3 N–H and O–H groups in total. The van der Waals surface area contributed by atoms with E-state index in [1.54, 1.807) is 30.0 Å². The minimum Gasteiger partial charge on any atom is -0.331 e. The molecule has 0 saturated heterocycles. The van der Waals surface area contributed by atoms with Crippen LogP contribution in [-0.2, 0) is 0 Å². The Morgan fingerprint density at radius 2 is 1.86 bits per heavy atom. The maximum atomic E-state index is 13.4. The highest BCUT2D eigenvalue weighted by atomic mass is 32.1. The zero-order chi connectivity index (χ0) is 24.9. The lowest BCUT2D eigenvalue weighted by Crippen LogP contribution is -2.12. The third-order valence-corrected chi connectivity index (χ3v) is 5.93. The van der Waals surface area contributed by atoms with Crippen LogP contribution in [0.4, 0.5) is 32.5 Å². The predicted octanol–water partition coefficient (Wildman–Crippen LogP) is 6.18. The molecule has 0 unspecified atom stereocenters. The Bertz CT molecular complexity index is 1520. The maximum Gasteiger partial charge on any atom is 0.275 e. The summed E-state index contributed by atoms with van der Waals surface area (Å²) in [6, 6.07) is 17.1. The monoisotopic (exact) mass is 497 g/mol. The Kier molecular flexibility index (Phi) is 6.59. The molecular formula is C26H20FN7OS. The summed E-state index contributed by atoms with van der Waals surface area (Å²) in [4.78, 5) is 29.9. The number of carbonyl (C=O) groups is 1. The van der Waals surface area contributed by atoms with E-state index in [0.717, 1.165) is 28.2 Å². The molecule has 0 aliphatic rings. The molecule has 36 heavy (non-hydrogen) atoms. The molecule has 0 radical (unpaired) electrons. The molecule has 5 rings (SSSR count). The van der Waals surface area contributed by atoms with Crippen molar-refractivity contribution in [1.29, 1.82) is 0 Å². The fraction of sp³-hybridized carbons (Fsp3) is 0.0385. The Morgan fingerprint density at radius 1 is 0.944 bits per heavy atom. The first-order valence-corrected chi connectivity index (χ1v) is 11.8. The van der Waals surface area contributed by atoms with Crippen LogP contribution in [0.1, 0.15) is 16.1 Å². The van der Waals surface area contributed by atoms with E-state index >= 15 is 0 Å². The molecule has 1 amide bonds. The minimum atomic E-state index is -0.425. The fourth-order valence-electron chi connectivity index (χ4n) is 3.37. The minimum absolute atomic E-state index is 0.234. The van der Waals surface area contributed by atoms with Crippen molar-refractivity contribution in [3.63, 3.8) is 0 Å². The van der Waals surface area contributed by atoms with Gasteiger partial charge in [0.05, 0.1) is 5.69 Å². The number of amides is 1. The van der Waals surface area contributed by atoms with Gasteiger partial charge in [0, 0.05) is 46.6 Å². The molecule has 3 aromatic heterocycles. The Labute approximate surface area is 210 Å². The van der Waals surface area contributed by atoms with Crippen LogP contribution in [0.5, 0.6) is 0 Å². The van der Waals surface area contributed by atoms with E-state index in [2.05, 4.69) is 35.9 Å². The fourth-order valence-corrected chi connectivity index (χ4v) is 4.08. The number of nitrogens with zero attached hydrogens (tertiary/aromatic N) is 4. The van der Waals surface area contributed by atoms with Crippen LogP contribution in [0.15, 0.2) is 84.6 Å². The Balaban J connectivity index is 1.29. The first kappa shape index (κ1) is 23.1. The van der Waals surface area contributed by atoms with Crippen LogP contribution < -0.4 is 16.0 Å². The third kappa shape index (κ3) is 5.50. The standard InChI is InChI=1S/C26H20FN7OS/c1-16-7-8-20(13-22(16)33-25-29-11-9-21(32-25)17-4-3-10-28-14-17)31-26-34-23(15-36-26)24(35)30-19-6-2-5-18(27)12-19/h2-15H,1H3,(H,30,35)(H,31,34)(H,29,32,33). The van der Waals surface area contributed by atoms with E-state index < -0.39 is 11.7 Å². The van der Waals surface area contributed by atoms with Gasteiger partial charge in [0.25, 0.3) is 5.91 Å². The lowest BCUT2D eigenvalue weighted by molar-refractivity contribution is 0.102. The summed E-state index contributed by atoms with van der Waals surface area (Å²) in [6.07, 6.45) is 5.16. The van der Waals surface area contributed by atoms with Gasteiger partial charge in [-0.2, -0.15) is 0 Å². The van der Waals surface area contributed by atoms with Crippen molar-refractivity contribution in [2.75, 3.05) is 16.0 Å². The topological polar surface area (TPSA) is 105 Å². The molecule has 5 aromatic rings. The van der Waals surface area contributed by atoms with Crippen molar-refractivity contribution in [2.45, 2.75) is 6.92 Å². The maximum absolute atomic E-state index is 13.4. The van der Waals surface area contributed by atoms with Gasteiger partial charge in [-0.25, -0.2) is 19.3 Å². The number of nitrogens with one attached hydrogen (secondary N) is 3. The van der Waals surface area contributed by atoms with E-state index in [1.807, 2.05) is 43.3 Å². The highest BCUT2D eigenvalue weighted by Crippen LogP contribution is 2.27. The molecule has 0 atom stereocenters. The van der Waals surface area contributed by atoms with Gasteiger partial charge in [0.15, 0.2) is 5.13 Å². The number of aryl methyl sites for hydroxylation is 1. The molecule has 3 heterocycles. The van der Waals surface area contributed by atoms with Crippen molar-refractivity contribution in [3.05, 3.63) is 102 Å². The van der Waals surface area contributed by atoms with Gasteiger partial charge < -0.3 is 16.0 Å². The number of carbonyl (C=O) groups excluding carboxylic acids is 1. The van der Waals surface area contributed by atoms with Crippen molar-refractivity contribution in [3.8, 4) is 11.3 Å². The normalized spacial score (nSPS) is 10.6. The van der Waals surface area contributed by atoms with E-state index in [1.165, 1.54) is 29.5 Å². The summed E-state index contributed by atoms with van der Waals surface area (Å²) >= 11 is 1.29. The van der Waals surface area contributed by atoms with Crippen LogP contribution in [0.25, 0.3) is 11.3 Å². The molecule has 0 saturated carbocycles. The van der Waals surface area contributed by atoms with Gasteiger partial charge in [0.2, 0.25) is 5.95 Å². The Morgan fingerprint density at radius 3 is 2.69 bits per heavy atom. The highest BCUT2D eigenvalue weighted by molar-refractivity contribution is 7.14. The number of rotatable bonds is 7. The molecule has 2 aromatic carbocycles. The number of benzene rings is 2. The summed E-state index contributed by atoms with van der Waals surface area (Å²) < 4.78 is 13.4. The molecule has 0 bridgehead atoms. The summed E-state index contributed by atoms with van der Waals surface area (Å²) in [5.74, 6) is -0.379. The molecule has 8 nitrogen and oxygen atoms in total. The second-order valence-electron chi connectivity index (χ2n) is 7.79. The van der Waals surface area contributed by atoms with Gasteiger partial charge in [0.1, 0.15) is 11.5 Å². The van der Waals surface area contributed by atoms with E-state index in [9.17, 15) is 9.18 Å². The molecule has 178 valence electrons. The second-order valence-corrected chi connectivity index (χ2v) is 8.65. The molecule has 0 spiro atoms. The quantitative estimate of drug-likeness (QED) is 0.246. The molecule has 0 aliphatic carbocycles. The average Bonchev–Trinajstić information content (AvgIpc) is 3.35. The van der Waals surface area contributed by atoms with Crippen molar-refractivity contribution in [1.82, 2.24) is 19.9 Å². The summed E-state index contributed by atoms with van der Waals surface area (Å²) in [6.45, 7) is 1.98. The zero-order valence-electron chi connectivity index (χ0n) is 19.1. The predicted molar refractivity (Wildman–Crippen MR) is 139 cm³/mol. The number of anilines is 5. The molecular weight excluding hydrogens is 477 g/mol. The number of pyridine rings is 1. The van der Waals surface area contributed by atoms with Crippen LogP contribution in [0.2, 0.25) is 0 Å². The number of aromatic nitrogens is 4. The summed E-state index contributed by atoms with van der Waals surface area (Å²) in [7, 11) is 0. The lowest BCUT2D eigenvalue weighted by atomic mass is 10.2. The van der Waals surface area contributed by atoms with Crippen molar-refractivity contribution < 1.29 is 9.18 Å². The van der Waals surface area contributed by atoms with Gasteiger partial charge in [-0.05, 0) is 61.0 Å². The van der Waals surface area contributed by atoms with Crippen LogP contribution in [0, 0.1) is 12.7 Å². The SMILES string of the molecule is Cc1ccc(Nc2nc(C(=O)Nc3cccc(F)c3)cs2)cc1Nc1nccc(-c2cccnc2)n1. The number of hydrogen-bond acceptors (Lipinski definition) is 8. The van der Waals surface area contributed by atoms with E-state index in [4.69, 9.17) is 0 Å². The van der Waals surface area contributed by atoms with Gasteiger partial charge >= 0.3 is 0 Å². The molecule has 10 heteroatoms. The molecule has 0 aliphatic heterocycles. The van der Waals surface area contributed by atoms with Gasteiger partial charge in [-0.3, -0.25) is 9.78 Å². The Hall–Kier alpha value is -4.70. The van der Waals surface area contributed by atoms with Gasteiger partial charge in [-0.1, -0.05) is 12.1 Å². The van der Waals surface area contributed by atoms with Crippen LogP contribution in [0.3, 0.4) is 0 Å². The average molecular weight is 498 g/mol. The summed E-state index contributed by atoms with van der Waals surface area (Å²) in [5.41, 5.74) is 4.87. The lowest BCUT2D eigenvalue weighted by Gasteiger charge is -2.11. The van der Waals surface area contributed by atoms with E-state index in [0.29, 0.717) is 16.8 Å². The number of halogens is 1.